The molecule has 0 unspecified atom stereocenters. The second-order valence-electron chi connectivity index (χ2n) is 6.12. The van der Waals surface area contributed by atoms with Gasteiger partial charge in [0.25, 0.3) is 0 Å². The standard InChI is InChI=1S/C20H22N2O3/c1-3-14-7-6-8-16(11-14)21-20(24)15-12-19(23)22(13-15)17-9-4-5-10-18(17)25-2/h4-11,15H,3,12-13H2,1-2H3,(H,21,24)/t15-/m0/s1. The molecule has 0 aliphatic carbocycles. The van der Waals surface area contributed by atoms with Crippen molar-refractivity contribution in [1.82, 2.24) is 0 Å². The monoisotopic (exact) mass is 338 g/mol. The van der Waals surface area contributed by atoms with Crippen LogP contribution in [0, 0.1) is 5.92 Å². The predicted octanol–water partition coefficient (Wildman–Crippen LogP) is 3.25. The van der Waals surface area contributed by atoms with E-state index in [-0.39, 0.29) is 24.2 Å². The van der Waals surface area contributed by atoms with Gasteiger partial charge in [-0.1, -0.05) is 31.2 Å². The molecule has 2 aromatic rings. The van der Waals surface area contributed by atoms with E-state index in [1.54, 1.807) is 12.0 Å². The summed E-state index contributed by atoms with van der Waals surface area (Å²) in [6, 6.07) is 15.1. The van der Waals surface area contributed by atoms with Crippen molar-refractivity contribution < 1.29 is 14.3 Å². The second kappa shape index (κ2) is 7.38. The third-order valence-corrected chi connectivity index (χ3v) is 4.47. The molecule has 1 aliphatic heterocycles. The largest absolute Gasteiger partial charge is 0.495 e. The molecular weight excluding hydrogens is 316 g/mol. The predicted molar refractivity (Wildman–Crippen MR) is 97.9 cm³/mol. The van der Waals surface area contributed by atoms with Gasteiger partial charge in [0.1, 0.15) is 5.75 Å². The molecule has 2 amide bonds. The summed E-state index contributed by atoms with van der Waals surface area (Å²) < 4.78 is 5.33. The Balaban J connectivity index is 1.72. The van der Waals surface area contributed by atoms with E-state index in [0.29, 0.717) is 18.0 Å². The lowest BCUT2D eigenvalue weighted by Gasteiger charge is -2.19. The minimum Gasteiger partial charge on any atom is -0.495 e. The molecule has 0 saturated carbocycles. The maximum absolute atomic E-state index is 12.6. The van der Waals surface area contributed by atoms with Gasteiger partial charge in [-0.3, -0.25) is 9.59 Å². The second-order valence-corrected chi connectivity index (χ2v) is 6.12. The number of hydrogen-bond donors (Lipinski definition) is 1. The van der Waals surface area contributed by atoms with Crippen LogP contribution in [0.25, 0.3) is 0 Å². The topological polar surface area (TPSA) is 58.6 Å². The molecule has 25 heavy (non-hydrogen) atoms. The lowest BCUT2D eigenvalue weighted by Crippen LogP contribution is -2.28. The summed E-state index contributed by atoms with van der Waals surface area (Å²) in [5.41, 5.74) is 2.64. The van der Waals surface area contributed by atoms with Gasteiger partial charge in [0.2, 0.25) is 11.8 Å². The average molecular weight is 338 g/mol. The Hall–Kier alpha value is -2.82. The van der Waals surface area contributed by atoms with Gasteiger partial charge in [0, 0.05) is 18.7 Å². The number of methoxy groups -OCH3 is 1. The Labute approximate surface area is 147 Å². The van der Waals surface area contributed by atoms with Crippen LogP contribution >= 0.6 is 0 Å². The summed E-state index contributed by atoms with van der Waals surface area (Å²) >= 11 is 0. The van der Waals surface area contributed by atoms with Crippen molar-refractivity contribution in [2.75, 3.05) is 23.9 Å². The lowest BCUT2D eigenvalue weighted by molar-refractivity contribution is -0.122. The van der Waals surface area contributed by atoms with E-state index in [4.69, 9.17) is 4.74 Å². The first-order valence-corrected chi connectivity index (χ1v) is 8.45. The van der Waals surface area contributed by atoms with E-state index >= 15 is 0 Å². The van der Waals surface area contributed by atoms with Crippen LogP contribution in [0.2, 0.25) is 0 Å². The molecule has 5 heteroatoms. The van der Waals surface area contributed by atoms with Crippen LogP contribution in [-0.2, 0) is 16.0 Å². The molecule has 1 heterocycles. The number of nitrogens with zero attached hydrogens (tertiary/aromatic N) is 1. The normalized spacial score (nSPS) is 16.8. The minimum absolute atomic E-state index is 0.0630. The van der Waals surface area contributed by atoms with Gasteiger partial charge < -0.3 is 15.0 Å². The van der Waals surface area contributed by atoms with Crippen LogP contribution in [0.5, 0.6) is 5.75 Å². The van der Waals surface area contributed by atoms with E-state index in [0.717, 1.165) is 17.7 Å². The van der Waals surface area contributed by atoms with Gasteiger partial charge in [-0.15, -0.1) is 0 Å². The fourth-order valence-electron chi connectivity index (χ4n) is 3.08. The summed E-state index contributed by atoms with van der Waals surface area (Å²) in [5.74, 6) is 0.0706. The Bertz CT molecular complexity index is 788. The number of para-hydroxylation sites is 2. The van der Waals surface area contributed by atoms with Crippen LogP contribution < -0.4 is 15.0 Å². The van der Waals surface area contributed by atoms with E-state index in [1.165, 1.54) is 0 Å². The third kappa shape index (κ3) is 3.65. The SMILES string of the molecule is CCc1cccc(NC(=O)[C@H]2CC(=O)N(c3ccccc3OC)C2)c1. The highest BCUT2D eigenvalue weighted by atomic mass is 16.5. The van der Waals surface area contributed by atoms with Crippen molar-refractivity contribution >= 4 is 23.2 Å². The number of amides is 2. The fraction of sp³-hybridized carbons (Fsp3) is 0.300. The Morgan fingerprint density at radius 1 is 1.24 bits per heavy atom. The highest BCUT2D eigenvalue weighted by molar-refractivity contribution is 6.04. The molecule has 2 aromatic carbocycles. The number of nitrogens with one attached hydrogen (secondary N) is 1. The molecule has 5 nitrogen and oxygen atoms in total. The van der Waals surface area contributed by atoms with E-state index < -0.39 is 0 Å². The highest BCUT2D eigenvalue weighted by Crippen LogP contribution is 2.33. The number of aryl methyl sites for hydroxylation is 1. The van der Waals surface area contributed by atoms with E-state index in [9.17, 15) is 9.59 Å². The molecule has 130 valence electrons. The van der Waals surface area contributed by atoms with Crippen LogP contribution in [0.3, 0.4) is 0 Å². The zero-order chi connectivity index (χ0) is 17.8. The zero-order valence-corrected chi connectivity index (χ0v) is 14.5. The molecule has 1 atom stereocenters. The van der Waals surface area contributed by atoms with E-state index in [2.05, 4.69) is 12.2 Å². The van der Waals surface area contributed by atoms with Gasteiger partial charge in [-0.2, -0.15) is 0 Å². The molecule has 0 bridgehead atoms. The molecule has 0 aromatic heterocycles. The number of benzene rings is 2. The number of ether oxygens (including phenoxy) is 1. The van der Waals surface area contributed by atoms with Crippen molar-refractivity contribution in [3.05, 3.63) is 54.1 Å². The number of carbonyl (C=O) groups excluding carboxylic acids is 2. The number of carbonyl (C=O) groups is 2. The molecule has 1 fully saturated rings. The molecule has 1 N–H and O–H groups in total. The van der Waals surface area contributed by atoms with Gasteiger partial charge in [0.05, 0.1) is 18.7 Å². The lowest BCUT2D eigenvalue weighted by atomic mass is 10.1. The quantitative estimate of drug-likeness (QED) is 0.910. The van der Waals surface area contributed by atoms with Crippen molar-refractivity contribution in [3.63, 3.8) is 0 Å². The van der Waals surface area contributed by atoms with Gasteiger partial charge in [-0.05, 0) is 36.2 Å². The first-order valence-electron chi connectivity index (χ1n) is 8.45. The number of anilines is 2. The molecular formula is C20H22N2O3. The molecule has 1 aliphatic rings. The van der Waals surface area contributed by atoms with E-state index in [1.807, 2.05) is 48.5 Å². The van der Waals surface area contributed by atoms with Crippen molar-refractivity contribution in [1.29, 1.82) is 0 Å². The Morgan fingerprint density at radius 3 is 2.80 bits per heavy atom. The maximum Gasteiger partial charge on any atom is 0.229 e. The molecule has 1 saturated heterocycles. The summed E-state index contributed by atoms with van der Waals surface area (Å²) in [6.45, 7) is 2.43. The van der Waals surface area contributed by atoms with Crippen molar-refractivity contribution in [2.45, 2.75) is 19.8 Å². The Kier molecular flexibility index (Phi) is 5.03. The minimum atomic E-state index is -0.373. The fourth-order valence-corrected chi connectivity index (χ4v) is 3.08. The first-order chi connectivity index (χ1) is 12.1. The van der Waals surface area contributed by atoms with Crippen LogP contribution in [0.4, 0.5) is 11.4 Å². The third-order valence-electron chi connectivity index (χ3n) is 4.47. The van der Waals surface area contributed by atoms with Crippen molar-refractivity contribution in [3.8, 4) is 5.75 Å². The number of rotatable bonds is 5. The van der Waals surface area contributed by atoms with Crippen LogP contribution in [0.15, 0.2) is 48.5 Å². The smallest absolute Gasteiger partial charge is 0.229 e. The molecule has 0 spiro atoms. The molecule has 3 rings (SSSR count). The first kappa shape index (κ1) is 17.0. The van der Waals surface area contributed by atoms with Crippen LogP contribution in [-0.4, -0.2) is 25.5 Å². The summed E-state index contributed by atoms with van der Waals surface area (Å²) in [5, 5.41) is 2.93. The highest BCUT2D eigenvalue weighted by Gasteiger charge is 2.36. The van der Waals surface area contributed by atoms with Gasteiger partial charge in [0.15, 0.2) is 0 Å². The van der Waals surface area contributed by atoms with Crippen molar-refractivity contribution in [2.24, 2.45) is 5.92 Å². The average Bonchev–Trinajstić information content (AvgIpc) is 3.03. The van der Waals surface area contributed by atoms with Gasteiger partial charge in [-0.25, -0.2) is 0 Å². The van der Waals surface area contributed by atoms with Crippen LogP contribution in [0.1, 0.15) is 18.9 Å². The zero-order valence-electron chi connectivity index (χ0n) is 14.5. The number of hydrogen-bond acceptors (Lipinski definition) is 3. The Morgan fingerprint density at radius 2 is 2.04 bits per heavy atom. The summed E-state index contributed by atoms with van der Waals surface area (Å²) in [7, 11) is 1.57. The summed E-state index contributed by atoms with van der Waals surface area (Å²) in [6.07, 6.45) is 1.12. The van der Waals surface area contributed by atoms with Gasteiger partial charge >= 0.3 is 0 Å². The summed E-state index contributed by atoms with van der Waals surface area (Å²) in [4.78, 5) is 26.6. The molecule has 0 radical (unpaired) electrons. The maximum atomic E-state index is 12.6.